The first-order valence-corrected chi connectivity index (χ1v) is 8.13. The molecular formula is C18H26N2O4. The van der Waals surface area contributed by atoms with Crippen molar-refractivity contribution in [2.45, 2.75) is 58.1 Å². The number of hydrogen-bond acceptors (Lipinski definition) is 4. The maximum atomic E-state index is 12.8. The van der Waals surface area contributed by atoms with Crippen LogP contribution in [0, 0.1) is 0 Å². The maximum Gasteiger partial charge on any atom is 0.265 e. The van der Waals surface area contributed by atoms with Gasteiger partial charge in [0, 0.05) is 6.54 Å². The van der Waals surface area contributed by atoms with E-state index in [9.17, 15) is 9.59 Å². The second kappa shape index (κ2) is 6.43. The van der Waals surface area contributed by atoms with Gasteiger partial charge >= 0.3 is 0 Å². The number of carbonyl (C=O) groups is 2. The summed E-state index contributed by atoms with van der Waals surface area (Å²) < 4.78 is 5.81. The Morgan fingerprint density at radius 3 is 2.42 bits per heavy atom. The van der Waals surface area contributed by atoms with Crippen LogP contribution in [0.4, 0.5) is 0 Å². The van der Waals surface area contributed by atoms with Gasteiger partial charge in [-0.25, -0.2) is 5.48 Å². The van der Waals surface area contributed by atoms with Crippen molar-refractivity contribution in [2.75, 3.05) is 6.54 Å². The molecule has 2 unspecified atom stereocenters. The van der Waals surface area contributed by atoms with Crippen LogP contribution in [-0.2, 0) is 15.0 Å². The Bertz CT molecular complexity index is 621. The minimum atomic E-state index is -0.701. The van der Waals surface area contributed by atoms with E-state index in [1.807, 2.05) is 52.0 Å². The van der Waals surface area contributed by atoms with Crippen LogP contribution in [0.1, 0.15) is 46.6 Å². The fourth-order valence-corrected chi connectivity index (χ4v) is 2.99. The molecule has 0 bridgehead atoms. The molecule has 0 saturated carbocycles. The predicted molar refractivity (Wildman–Crippen MR) is 89.9 cm³/mol. The summed E-state index contributed by atoms with van der Waals surface area (Å²) in [5.41, 5.74) is 1.55. The second-order valence-electron chi connectivity index (χ2n) is 7.47. The van der Waals surface area contributed by atoms with E-state index >= 15 is 0 Å². The minimum absolute atomic E-state index is 0.108. The molecule has 132 valence electrons. The molecule has 0 aromatic heterocycles. The lowest BCUT2D eigenvalue weighted by molar-refractivity contribution is -0.143. The van der Waals surface area contributed by atoms with Crippen LogP contribution in [0.25, 0.3) is 0 Å². The van der Waals surface area contributed by atoms with Crippen molar-refractivity contribution in [1.82, 2.24) is 10.4 Å². The van der Waals surface area contributed by atoms with Gasteiger partial charge in [0.25, 0.3) is 5.91 Å². The largest absolute Gasteiger partial charge is 0.488 e. The Labute approximate surface area is 142 Å². The molecule has 1 aliphatic rings. The molecule has 0 aliphatic carbocycles. The third-order valence-electron chi connectivity index (χ3n) is 4.46. The van der Waals surface area contributed by atoms with Gasteiger partial charge in [-0.05, 0) is 58.7 Å². The zero-order chi connectivity index (χ0) is 18.1. The van der Waals surface area contributed by atoms with Crippen molar-refractivity contribution in [2.24, 2.45) is 0 Å². The van der Waals surface area contributed by atoms with Crippen molar-refractivity contribution in [3.63, 3.8) is 0 Å². The predicted octanol–water partition coefficient (Wildman–Crippen LogP) is 2.25. The molecule has 24 heavy (non-hydrogen) atoms. The number of amides is 2. The standard InChI is InChI=1S/C18H26N2O4/c1-12(15(21)19-23)20-11-10-18(5,16(20)22)13-6-8-14(9-7-13)24-17(2,3)4/h6-9,12,23H,10-11H2,1-5H3,(H,19,21). The molecular weight excluding hydrogens is 308 g/mol. The minimum Gasteiger partial charge on any atom is -0.488 e. The number of nitrogens with zero attached hydrogens (tertiary/aromatic N) is 1. The Morgan fingerprint density at radius 2 is 1.92 bits per heavy atom. The molecule has 1 fully saturated rings. The van der Waals surface area contributed by atoms with Crippen molar-refractivity contribution in [3.8, 4) is 5.75 Å². The number of ether oxygens (including phenoxy) is 1. The van der Waals surface area contributed by atoms with Gasteiger partial charge in [-0.2, -0.15) is 0 Å². The first-order valence-electron chi connectivity index (χ1n) is 8.13. The van der Waals surface area contributed by atoms with Gasteiger partial charge in [0.15, 0.2) is 0 Å². The molecule has 1 aromatic rings. The summed E-state index contributed by atoms with van der Waals surface area (Å²) >= 11 is 0. The molecule has 2 N–H and O–H groups in total. The van der Waals surface area contributed by atoms with E-state index in [2.05, 4.69) is 0 Å². The smallest absolute Gasteiger partial charge is 0.265 e. The topological polar surface area (TPSA) is 78.9 Å². The van der Waals surface area contributed by atoms with Crippen molar-refractivity contribution >= 4 is 11.8 Å². The fourth-order valence-electron chi connectivity index (χ4n) is 2.99. The Hall–Kier alpha value is -2.08. The third-order valence-corrected chi connectivity index (χ3v) is 4.46. The summed E-state index contributed by atoms with van der Waals surface area (Å²) in [6.07, 6.45) is 0.619. The molecule has 0 radical (unpaired) electrons. The number of hydroxylamine groups is 1. The van der Waals surface area contributed by atoms with E-state index in [0.717, 1.165) is 11.3 Å². The lowest BCUT2D eigenvalue weighted by atomic mass is 9.81. The highest BCUT2D eigenvalue weighted by Gasteiger charge is 2.46. The van der Waals surface area contributed by atoms with Crippen molar-refractivity contribution in [1.29, 1.82) is 0 Å². The normalized spacial score (nSPS) is 22.4. The van der Waals surface area contributed by atoms with E-state index in [-0.39, 0.29) is 11.5 Å². The van der Waals surface area contributed by atoms with Gasteiger partial charge in [0.1, 0.15) is 17.4 Å². The van der Waals surface area contributed by atoms with Crippen LogP contribution < -0.4 is 10.2 Å². The molecule has 6 heteroatoms. The Balaban J connectivity index is 2.19. The maximum absolute atomic E-state index is 12.8. The molecule has 6 nitrogen and oxygen atoms in total. The summed E-state index contributed by atoms with van der Waals surface area (Å²) in [7, 11) is 0. The lowest BCUT2D eigenvalue weighted by Gasteiger charge is -2.27. The zero-order valence-corrected chi connectivity index (χ0v) is 14.9. The quantitative estimate of drug-likeness (QED) is 0.654. The molecule has 1 heterocycles. The first-order chi connectivity index (χ1) is 11.1. The summed E-state index contributed by atoms with van der Waals surface area (Å²) in [5, 5.41) is 8.77. The van der Waals surface area contributed by atoms with Crippen LogP contribution in [-0.4, -0.2) is 40.1 Å². The molecule has 1 aliphatic heterocycles. The molecule has 1 aromatic carbocycles. The molecule has 0 spiro atoms. The SMILES string of the molecule is CC(C(=O)NO)N1CCC(C)(c2ccc(OC(C)(C)C)cc2)C1=O. The average Bonchev–Trinajstić information content (AvgIpc) is 2.82. The van der Waals surface area contributed by atoms with E-state index in [0.29, 0.717) is 13.0 Å². The summed E-state index contributed by atoms with van der Waals surface area (Å²) in [6.45, 7) is 9.91. The van der Waals surface area contributed by atoms with Crippen LogP contribution in [0.3, 0.4) is 0 Å². The number of rotatable bonds is 4. The van der Waals surface area contributed by atoms with Crippen LogP contribution in [0.5, 0.6) is 5.75 Å². The van der Waals surface area contributed by atoms with Gasteiger partial charge in [-0.3, -0.25) is 14.8 Å². The fraction of sp³-hybridized carbons (Fsp3) is 0.556. The number of nitrogens with one attached hydrogen (secondary N) is 1. The Kier molecular flexibility index (Phi) is 4.90. The van der Waals surface area contributed by atoms with Gasteiger partial charge in [0.05, 0.1) is 5.41 Å². The highest BCUT2D eigenvalue weighted by Crippen LogP contribution is 2.37. The molecule has 2 rings (SSSR count). The summed E-state index contributed by atoms with van der Waals surface area (Å²) in [4.78, 5) is 25.9. The van der Waals surface area contributed by atoms with Crippen LogP contribution in [0.2, 0.25) is 0 Å². The van der Waals surface area contributed by atoms with Gasteiger partial charge in [-0.1, -0.05) is 12.1 Å². The highest BCUT2D eigenvalue weighted by atomic mass is 16.5. The van der Waals surface area contributed by atoms with Crippen LogP contribution in [0.15, 0.2) is 24.3 Å². The number of hydrogen-bond donors (Lipinski definition) is 2. The summed E-state index contributed by atoms with van der Waals surface area (Å²) in [5.74, 6) is 0.0646. The first kappa shape index (κ1) is 18.3. The molecule has 2 atom stereocenters. The highest BCUT2D eigenvalue weighted by molar-refractivity contribution is 5.94. The van der Waals surface area contributed by atoms with Gasteiger partial charge in [-0.15, -0.1) is 0 Å². The van der Waals surface area contributed by atoms with E-state index in [4.69, 9.17) is 9.94 Å². The Morgan fingerprint density at radius 1 is 1.33 bits per heavy atom. The lowest BCUT2D eigenvalue weighted by Crippen LogP contribution is -2.47. The van der Waals surface area contributed by atoms with E-state index in [1.165, 1.54) is 4.90 Å². The van der Waals surface area contributed by atoms with Crippen molar-refractivity contribution < 1.29 is 19.5 Å². The van der Waals surface area contributed by atoms with Gasteiger partial charge < -0.3 is 9.64 Å². The van der Waals surface area contributed by atoms with Crippen LogP contribution >= 0.6 is 0 Å². The zero-order valence-electron chi connectivity index (χ0n) is 14.9. The second-order valence-corrected chi connectivity index (χ2v) is 7.47. The number of likely N-dealkylation sites (tertiary alicyclic amines) is 1. The number of benzene rings is 1. The third kappa shape index (κ3) is 3.53. The average molecular weight is 334 g/mol. The van der Waals surface area contributed by atoms with E-state index in [1.54, 1.807) is 12.4 Å². The summed E-state index contributed by atoms with van der Waals surface area (Å²) in [6, 6.07) is 6.84. The van der Waals surface area contributed by atoms with Gasteiger partial charge in [0.2, 0.25) is 5.91 Å². The number of carbonyl (C=O) groups excluding carboxylic acids is 2. The monoisotopic (exact) mass is 334 g/mol. The molecule has 2 amide bonds. The van der Waals surface area contributed by atoms with Crippen molar-refractivity contribution in [3.05, 3.63) is 29.8 Å². The van der Waals surface area contributed by atoms with E-state index < -0.39 is 17.4 Å². The molecule has 1 saturated heterocycles.